The molecule has 2 aromatic rings. The van der Waals surface area contributed by atoms with E-state index in [-0.39, 0.29) is 0 Å². The molecule has 0 aromatic heterocycles. The molecule has 1 N–H and O–H groups in total. The Morgan fingerprint density at radius 3 is 2.59 bits per heavy atom. The van der Waals surface area contributed by atoms with Crippen LogP contribution in [0.1, 0.15) is 12.5 Å². The summed E-state index contributed by atoms with van der Waals surface area (Å²) in [5, 5.41) is 3.37. The average Bonchev–Trinajstić information content (AvgIpc) is 2.55. The Kier molecular flexibility index (Phi) is 5.95. The Bertz CT molecular complexity index is 631. The summed E-state index contributed by atoms with van der Waals surface area (Å²) in [5.74, 6) is 2.28. The van der Waals surface area contributed by atoms with Crippen molar-refractivity contribution in [3.63, 3.8) is 0 Å². The summed E-state index contributed by atoms with van der Waals surface area (Å²) in [4.78, 5) is 0. The maximum Gasteiger partial charge on any atom is 0.175 e. The summed E-state index contributed by atoms with van der Waals surface area (Å²) in [5.41, 5.74) is 2.10. The number of rotatable bonds is 7. The van der Waals surface area contributed by atoms with Crippen LogP contribution >= 0.6 is 15.9 Å². The van der Waals surface area contributed by atoms with Gasteiger partial charge in [0, 0.05) is 18.3 Å². The second-order valence-electron chi connectivity index (χ2n) is 4.63. The lowest BCUT2D eigenvalue weighted by Crippen LogP contribution is -2.02. The number of nitrogens with one attached hydrogen (secondary N) is 1. The molecule has 2 aromatic carbocycles. The third-order valence-electron chi connectivity index (χ3n) is 3.14. The molecule has 0 aliphatic rings. The molecule has 118 valence electrons. The van der Waals surface area contributed by atoms with E-state index in [0.29, 0.717) is 13.2 Å². The molecule has 0 aliphatic heterocycles. The van der Waals surface area contributed by atoms with E-state index in [9.17, 15) is 0 Å². The summed E-state index contributed by atoms with van der Waals surface area (Å²) < 4.78 is 17.1. The third kappa shape index (κ3) is 4.07. The Morgan fingerprint density at radius 1 is 1.09 bits per heavy atom. The van der Waals surface area contributed by atoms with Crippen molar-refractivity contribution in [2.75, 3.05) is 26.1 Å². The lowest BCUT2D eigenvalue weighted by Gasteiger charge is -2.14. The molecule has 4 nitrogen and oxygen atoms in total. The van der Waals surface area contributed by atoms with Gasteiger partial charge in [-0.15, -0.1) is 0 Å². The molecule has 0 atom stereocenters. The number of ether oxygens (including phenoxy) is 3. The zero-order valence-electron chi connectivity index (χ0n) is 13.0. The van der Waals surface area contributed by atoms with Gasteiger partial charge in [-0.1, -0.05) is 6.07 Å². The largest absolute Gasteiger partial charge is 0.497 e. The van der Waals surface area contributed by atoms with Crippen molar-refractivity contribution in [2.45, 2.75) is 13.5 Å². The molecule has 22 heavy (non-hydrogen) atoms. The lowest BCUT2D eigenvalue weighted by molar-refractivity contribution is 0.308. The highest BCUT2D eigenvalue weighted by atomic mass is 79.9. The predicted octanol–water partition coefficient (Wildman–Crippen LogP) is 4.48. The molecule has 0 unspecified atom stereocenters. The monoisotopic (exact) mass is 365 g/mol. The molecule has 0 amide bonds. The topological polar surface area (TPSA) is 39.7 Å². The van der Waals surface area contributed by atoms with Crippen molar-refractivity contribution in [3.8, 4) is 17.2 Å². The fourth-order valence-electron chi connectivity index (χ4n) is 2.10. The fourth-order valence-corrected chi connectivity index (χ4v) is 2.70. The smallest absolute Gasteiger partial charge is 0.175 e. The van der Waals surface area contributed by atoms with Gasteiger partial charge in [-0.2, -0.15) is 0 Å². The van der Waals surface area contributed by atoms with Gasteiger partial charge in [0.05, 0.1) is 25.3 Å². The molecule has 0 bridgehead atoms. The van der Waals surface area contributed by atoms with Gasteiger partial charge in [0.25, 0.3) is 0 Å². The van der Waals surface area contributed by atoms with Crippen molar-refractivity contribution in [1.82, 2.24) is 0 Å². The molecule has 5 heteroatoms. The number of halogens is 1. The van der Waals surface area contributed by atoms with Crippen molar-refractivity contribution in [3.05, 3.63) is 46.4 Å². The first-order chi connectivity index (χ1) is 10.7. The highest BCUT2D eigenvalue weighted by Gasteiger charge is 2.11. The molecule has 0 heterocycles. The van der Waals surface area contributed by atoms with Gasteiger partial charge in [0.2, 0.25) is 0 Å². The number of anilines is 1. The highest BCUT2D eigenvalue weighted by molar-refractivity contribution is 9.10. The summed E-state index contributed by atoms with van der Waals surface area (Å²) in [7, 11) is 3.30. The van der Waals surface area contributed by atoms with Crippen LogP contribution in [0.5, 0.6) is 17.2 Å². The maximum absolute atomic E-state index is 5.60. The minimum Gasteiger partial charge on any atom is -0.497 e. The van der Waals surface area contributed by atoms with E-state index in [0.717, 1.165) is 33.0 Å². The van der Waals surface area contributed by atoms with Gasteiger partial charge >= 0.3 is 0 Å². The average molecular weight is 366 g/mol. The summed E-state index contributed by atoms with van der Waals surface area (Å²) in [6, 6.07) is 11.8. The minimum absolute atomic E-state index is 0.594. The molecule has 0 saturated heterocycles. The first-order valence-electron chi connectivity index (χ1n) is 7.05. The highest BCUT2D eigenvalue weighted by Crippen LogP contribution is 2.36. The number of benzene rings is 2. The Morgan fingerprint density at radius 2 is 1.91 bits per heavy atom. The second kappa shape index (κ2) is 7.94. The van der Waals surface area contributed by atoms with E-state index in [1.807, 2.05) is 43.3 Å². The van der Waals surface area contributed by atoms with Crippen molar-refractivity contribution < 1.29 is 14.2 Å². The Hall–Kier alpha value is -1.88. The maximum atomic E-state index is 5.60. The number of hydrogen-bond donors (Lipinski definition) is 1. The van der Waals surface area contributed by atoms with Gasteiger partial charge in [0.15, 0.2) is 11.5 Å². The van der Waals surface area contributed by atoms with E-state index in [2.05, 4.69) is 21.2 Å². The van der Waals surface area contributed by atoms with Crippen LogP contribution in [0.3, 0.4) is 0 Å². The zero-order valence-corrected chi connectivity index (χ0v) is 14.6. The molecular weight excluding hydrogens is 346 g/mol. The van der Waals surface area contributed by atoms with Gasteiger partial charge in [-0.05, 0) is 52.7 Å². The van der Waals surface area contributed by atoms with Gasteiger partial charge in [-0.25, -0.2) is 0 Å². The first kappa shape index (κ1) is 16.5. The van der Waals surface area contributed by atoms with Crippen LogP contribution < -0.4 is 19.5 Å². The Balaban J connectivity index is 2.14. The van der Waals surface area contributed by atoms with Crippen LogP contribution in [0.25, 0.3) is 0 Å². The first-order valence-corrected chi connectivity index (χ1v) is 7.84. The normalized spacial score (nSPS) is 10.2. The summed E-state index contributed by atoms with van der Waals surface area (Å²) >= 11 is 3.54. The zero-order chi connectivity index (χ0) is 15.9. The molecule has 0 fully saturated rings. The van der Waals surface area contributed by atoms with Crippen LogP contribution in [0.2, 0.25) is 0 Å². The quantitative estimate of drug-likeness (QED) is 0.785. The van der Waals surface area contributed by atoms with Crippen molar-refractivity contribution in [2.24, 2.45) is 0 Å². The van der Waals surface area contributed by atoms with Crippen molar-refractivity contribution >= 4 is 21.6 Å². The van der Waals surface area contributed by atoms with E-state index in [1.54, 1.807) is 14.2 Å². The lowest BCUT2D eigenvalue weighted by atomic mass is 10.2. The minimum atomic E-state index is 0.594. The van der Waals surface area contributed by atoms with Gasteiger partial charge in [0.1, 0.15) is 5.75 Å². The third-order valence-corrected chi connectivity index (χ3v) is 3.73. The number of hydrogen-bond acceptors (Lipinski definition) is 4. The SMILES string of the molecule is CCOc1c(Br)cc(CNc2cccc(OC)c2)cc1OC. The molecule has 0 saturated carbocycles. The molecule has 0 radical (unpaired) electrons. The summed E-state index contributed by atoms with van der Waals surface area (Å²) in [6.45, 7) is 3.22. The molecule has 0 aliphatic carbocycles. The predicted molar refractivity (Wildman–Crippen MR) is 92.2 cm³/mol. The molecule has 0 spiro atoms. The standard InChI is InChI=1S/C17H20BrNO3/c1-4-22-17-15(18)8-12(9-16(17)21-3)11-19-13-6-5-7-14(10-13)20-2/h5-10,19H,4,11H2,1-3H3. The van der Waals surface area contributed by atoms with Gasteiger partial charge in [-0.3, -0.25) is 0 Å². The van der Waals surface area contributed by atoms with Crippen LogP contribution in [0, 0.1) is 0 Å². The van der Waals surface area contributed by atoms with Crippen LogP contribution in [0.4, 0.5) is 5.69 Å². The fraction of sp³-hybridized carbons (Fsp3) is 0.294. The second-order valence-corrected chi connectivity index (χ2v) is 5.48. The van der Waals surface area contributed by atoms with E-state index in [1.165, 1.54) is 0 Å². The summed E-state index contributed by atoms with van der Waals surface area (Å²) in [6.07, 6.45) is 0. The van der Waals surface area contributed by atoms with E-state index >= 15 is 0 Å². The number of methoxy groups -OCH3 is 2. The van der Waals surface area contributed by atoms with Crippen LogP contribution in [-0.4, -0.2) is 20.8 Å². The molecular formula is C17H20BrNO3. The Labute approximate surface area is 139 Å². The van der Waals surface area contributed by atoms with Crippen LogP contribution in [-0.2, 0) is 6.54 Å². The molecule has 2 rings (SSSR count). The van der Waals surface area contributed by atoms with Crippen molar-refractivity contribution in [1.29, 1.82) is 0 Å². The van der Waals surface area contributed by atoms with E-state index in [4.69, 9.17) is 14.2 Å². The van der Waals surface area contributed by atoms with E-state index < -0.39 is 0 Å². The van der Waals surface area contributed by atoms with Crippen LogP contribution in [0.15, 0.2) is 40.9 Å². The van der Waals surface area contributed by atoms with Gasteiger partial charge < -0.3 is 19.5 Å².